The van der Waals surface area contributed by atoms with E-state index >= 15 is 0 Å². The number of hydrogen-bond donors (Lipinski definition) is 2. The smallest absolute Gasteiger partial charge is 0.262 e. The van der Waals surface area contributed by atoms with Crippen LogP contribution in [-0.2, 0) is 0 Å². The van der Waals surface area contributed by atoms with Gasteiger partial charge in [-0.15, -0.1) is 0 Å². The SMILES string of the molecule is CC(CN)Nc1ncc2cnoc2n1. The van der Waals surface area contributed by atoms with Crippen LogP contribution in [0.4, 0.5) is 5.95 Å². The molecule has 14 heavy (non-hydrogen) atoms. The van der Waals surface area contributed by atoms with Crippen LogP contribution in [0.3, 0.4) is 0 Å². The second-order valence-electron chi connectivity index (χ2n) is 3.06. The third-order valence-electron chi connectivity index (χ3n) is 1.84. The fourth-order valence-electron chi connectivity index (χ4n) is 1.02. The molecule has 6 nitrogen and oxygen atoms in total. The van der Waals surface area contributed by atoms with E-state index in [2.05, 4.69) is 20.4 Å². The molecule has 0 saturated heterocycles. The Morgan fingerprint density at radius 3 is 3.21 bits per heavy atom. The second-order valence-corrected chi connectivity index (χ2v) is 3.06. The summed E-state index contributed by atoms with van der Waals surface area (Å²) < 4.78 is 4.90. The molecule has 2 aromatic heterocycles. The van der Waals surface area contributed by atoms with Crippen LogP contribution < -0.4 is 11.1 Å². The minimum Gasteiger partial charge on any atom is -0.350 e. The molecule has 0 aliphatic heterocycles. The Bertz CT molecular complexity index is 426. The van der Waals surface area contributed by atoms with Crippen molar-refractivity contribution in [3.63, 3.8) is 0 Å². The van der Waals surface area contributed by atoms with Crippen LogP contribution in [0.15, 0.2) is 16.9 Å². The monoisotopic (exact) mass is 193 g/mol. The number of aromatic nitrogens is 3. The summed E-state index contributed by atoms with van der Waals surface area (Å²) in [4.78, 5) is 8.21. The zero-order chi connectivity index (χ0) is 9.97. The van der Waals surface area contributed by atoms with Crippen LogP contribution in [0, 0.1) is 0 Å². The molecule has 2 heterocycles. The highest BCUT2D eigenvalue weighted by Crippen LogP contribution is 2.11. The van der Waals surface area contributed by atoms with Crippen LogP contribution in [0.2, 0.25) is 0 Å². The Balaban J connectivity index is 2.25. The van der Waals surface area contributed by atoms with Gasteiger partial charge in [0.1, 0.15) is 0 Å². The fourth-order valence-corrected chi connectivity index (χ4v) is 1.02. The Hall–Kier alpha value is -1.69. The van der Waals surface area contributed by atoms with Gasteiger partial charge in [0.2, 0.25) is 5.95 Å². The topological polar surface area (TPSA) is 89.9 Å². The molecular weight excluding hydrogens is 182 g/mol. The van der Waals surface area contributed by atoms with Crippen molar-refractivity contribution in [2.24, 2.45) is 5.73 Å². The number of anilines is 1. The van der Waals surface area contributed by atoms with E-state index < -0.39 is 0 Å². The van der Waals surface area contributed by atoms with E-state index in [1.807, 2.05) is 6.92 Å². The zero-order valence-corrected chi connectivity index (χ0v) is 7.77. The molecule has 0 amide bonds. The summed E-state index contributed by atoms with van der Waals surface area (Å²) in [5.74, 6) is 0.507. The molecule has 1 atom stereocenters. The van der Waals surface area contributed by atoms with E-state index in [4.69, 9.17) is 10.3 Å². The van der Waals surface area contributed by atoms with Crippen LogP contribution in [0.5, 0.6) is 0 Å². The van der Waals surface area contributed by atoms with Crippen LogP contribution in [-0.4, -0.2) is 27.7 Å². The van der Waals surface area contributed by atoms with Crippen molar-refractivity contribution in [2.45, 2.75) is 13.0 Å². The molecule has 0 spiro atoms. The molecule has 1 unspecified atom stereocenters. The lowest BCUT2D eigenvalue weighted by molar-refractivity contribution is 0.448. The molecule has 74 valence electrons. The van der Waals surface area contributed by atoms with Gasteiger partial charge < -0.3 is 15.6 Å². The average Bonchev–Trinajstić information content (AvgIpc) is 2.64. The van der Waals surface area contributed by atoms with Gasteiger partial charge in [-0.3, -0.25) is 0 Å². The maximum Gasteiger partial charge on any atom is 0.262 e. The molecule has 6 heteroatoms. The third kappa shape index (κ3) is 1.64. The van der Waals surface area contributed by atoms with Crippen molar-refractivity contribution in [1.82, 2.24) is 15.1 Å². The van der Waals surface area contributed by atoms with E-state index in [1.165, 1.54) is 0 Å². The van der Waals surface area contributed by atoms with Crippen LogP contribution >= 0.6 is 0 Å². The van der Waals surface area contributed by atoms with Crippen LogP contribution in [0.25, 0.3) is 11.1 Å². The van der Waals surface area contributed by atoms with Gasteiger partial charge in [0.25, 0.3) is 5.71 Å². The van der Waals surface area contributed by atoms with Crippen molar-refractivity contribution in [1.29, 1.82) is 0 Å². The van der Waals surface area contributed by atoms with E-state index in [0.29, 0.717) is 18.2 Å². The summed E-state index contributed by atoms with van der Waals surface area (Å²) >= 11 is 0. The quantitative estimate of drug-likeness (QED) is 0.732. The second kappa shape index (κ2) is 3.59. The first kappa shape index (κ1) is 8.89. The van der Waals surface area contributed by atoms with Gasteiger partial charge in [-0.25, -0.2) is 4.98 Å². The third-order valence-corrected chi connectivity index (χ3v) is 1.84. The number of nitrogens with two attached hydrogens (primary N) is 1. The number of hydrogen-bond acceptors (Lipinski definition) is 6. The van der Waals surface area contributed by atoms with Gasteiger partial charge in [-0.1, -0.05) is 5.16 Å². The van der Waals surface area contributed by atoms with Gasteiger partial charge in [0.15, 0.2) is 0 Å². The molecule has 3 N–H and O–H groups in total. The Morgan fingerprint density at radius 2 is 2.43 bits per heavy atom. The van der Waals surface area contributed by atoms with Gasteiger partial charge >= 0.3 is 0 Å². The summed E-state index contributed by atoms with van der Waals surface area (Å²) in [7, 11) is 0. The predicted octanol–water partition coefficient (Wildman–Crippen LogP) is 0.377. The first-order valence-electron chi connectivity index (χ1n) is 4.33. The van der Waals surface area contributed by atoms with Crippen molar-refractivity contribution < 1.29 is 4.52 Å². The minimum absolute atomic E-state index is 0.135. The first-order chi connectivity index (χ1) is 6.79. The lowest BCUT2D eigenvalue weighted by atomic mass is 10.3. The summed E-state index contributed by atoms with van der Waals surface area (Å²) in [6, 6.07) is 0.135. The van der Waals surface area contributed by atoms with E-state index in [1.54, 1.807) is 12.4 Å². The molecule has 0 fully saturated rings. The number of nitrogens with zero attached hydrogens (tertiary/aromatic N) is 3. The molecule has 0 aliphatic carbocycles. The summed E-state index contributed by atoms with van der Waals surface area (Å²) in [6.45, 7) is 2.48. The van der Waals surface area contributed by atoms with Gasteiger partial charge in [-0.05, 0) is 6.92 Å². The number of nitrogens with one attached hydrogen (secondary N) is 1. The molecule has 0 saturated carbocycles. The van der Waals surface area contributed by atoms with Crippen LogP contribution in [0.1, 0.15) is 6.92 Å². The highest BCUT2D eigenvalue weighted by Gasteiger charge is 2.05. The normalized spacial score (nSPS) is 13.0. The summed E-state index contributed by atoms with van der Waals surface area (Å²) in [5.41, 5.74) is 5.94. The maximum absolute atomic E-state index is 5.46. The molecule has 0 aromatic carbocycles. The van der Waals surface area contributed by atoms with Gasteiger partial charge in [-0.2, -0.15) is 4.98 Å². The lowest BCUT2D eigenvalue weighted by Crippen LogP contribution is -2.26. The van der Waals surface area contributed by atoms with E-state index in [-0.39, 0.29) is 6.04 Å². The molecule has 0 bridgehead atoms. The van der Waals surface area contributed by atoms with Crippen molar-refractivity contribution in [3.05, 3.63) is 12.4 Å². The molecule has 0 aliphatic rings. The van der Waals surface area contributed by atoms with E-state index in [9.17, 15) is 0 Å². The first-order valence-corrected chi connectivity index (χ1v) is 4.33. The largest absolute Gasteiger partial charge is 0.350 e. The van der Waals surface area contributed by atoms with Gasteiger partial charge in [0.05, 0.1) is 11.6 Å². The zero-order valence-electron chi connectivity index (χ0n) is 7.77. The van der Waals surface area contributed by atoms with Crippen molar-refractivity contribution in [3.8, 4) is 0 Å². The number of rotatable bonds is 3. The highest BCUT2D eigenvalue weighted by molar-refractivity contribution is 5.71. The Kier molecular flexibility index (Phi) is 2.28. The maximum atomic E-state index is 5.46. The minimum atomic E-state index is 0.135. The van der Waals surface area contributed by atoms with E-state index in [0.717, 1.165) is 5.39 Å². The molecule has 0 radical (unpaired) electrons. The predicted molar refractivity (Wildman–Crippen MR) is 51.7 cm³/mol. The average molecular weight is 193 g/mol. The molecular formula is C8H11N5O. The summed E-state index contributed by atoms with van der Waals surface area (Å²) in [6.07, 6.45) is 3.23. The molecule has 2 rings (SSSR count). The number of fused-ring (bicyclic) bond motifs is 1. The Morgan fingerprint density at radius 1 is 1.57 bits per heavy atom. The van der Waals surface area contributed by atoms with Gasteiger partial charge in [0, 0.05) is 18.8 Å². The Labute approximate surface area is 80.5 Å². The van der Waals surface area contributed by atoms with Crippen molar-refractivity contribution >= 4 is 17.0 Å². The standard InChI is InChI=1S/C8H11N5O/c1-5(2-9)12-8-10-3-6-4-11-14-7(6)13-8/h3-5H,2,9H2,1H3,(H,10,12,13). The highest BCUT2D eigenvalue weighted by atomic mass is 16.5. The molecule has 2 aromatic rings. The fraction of sp³-hybridized carbons (Fsp3) is 0.375. The summed E-state index contributed by atoms with van der Waals surface area (Å²) in [5, 5.41) is 7.44. The van der Waals surface area contributed by atoms with Crippen molar-refractivity contribution in [2.75, 3.05) is 11.9 Å². The lowest BCUT2D eigenvalue weighted by Gasteiger charge is -2.09.